The van der Waals surface area contributed by atoms with Crippen molar-refractivity contribution in [2.24, 2.45) is 11.8 Å². The van der Waals surface area contributed by atoms with Crippen molar-refractivity contribution < 1.29 is 18.0 Å². The highest BCUT2D eigenvalue weighted by Gasteiger charge is 2.36. The number of rotatable bonds is 6. The number of hydrogen-bond donors (Lipinski definition) is 0. The smallest absolute Gasteiger partial charge is 0.369 e. The van der Waals surface area contributed by atoms with E-state index in [0.717, 1.165) is 84.1 Å². The van der Waals surface area contributed by atoms with E-state index >= 15 is 0 Å². The van der Waals surface area contributed by atoms with Gasteiger partial charge in [0.25, 0.3) is 0 Å². The number of carbonyl (C=O) groups is 1. The van der Waals surface area contributed by atoms with Crippen LogP contribution in [0.4, 0.5) is 18.9 Å². The van der Waals surface area contributed by atoms with Gasteiger partial charge in [0.2, 0.25) is 5.91 Å². The van der Waals surface area contributed by atoms with Gasteiger partial charge in [-0.2, -0.15) is 13.2 Å². The number of halogens is 3. The number of likely N-dealkylation sites (tertiary alicyclic amines) is 2. The summed E-state index contributed by atoms with van der Waals surface area (Å²) < 4.78 is 39.5. The molecule has 3 heterocycles. The maximum Gasteiger partial charge on any atom is 0.416 e. The molecule has 4 rings (SSSR count). The Morgan fingerprint density at radius 2 is 1.69 bits per heavy atom. The maximum absolute atomic E-state index is 13.2. The van der Waals surface area contributed by atoms with Crippen molar-refractivity contribution in [3.8, 4) is 0 Å². The highest BCUT2D eigenvalue weighted by Crippen LogP contribution is 2.33. The number of hydrogen-bond acceptors (Lipinski definition) is 4. The second-order valence-corrected chi connectivity index (χ2v) is 11.4. The first-order valence-corrected chi connectivity index (χ1v) is 13.8. The Bertz CT molecular complexity index is 861. The van der Waals surface area contributed by atoms with Crippen molar-refractivity contribution in [2.45, 2.75) is 71.1 Å². The molecule has 36 heavy (non-hydrogen) atoms. The van der Waals surface area contributed by atoms with Crippen LogP contribution < -0.4 is 4.90 Å². The number of benzene rings is 1. The van der Waals surface area contributed by atoms with Crippen LogP contribution in [0.1, 0.15) is 58.4 Å². The van der Waals surface area contributed by atoms with Gasteiger partial charge in [-0.3, -0.25) is 9.69 Å². The Kier molecular flexibility index (Phi) is 8.87. The van der Waals surface area contributed by atoms with Crippen LogP contribution in [0.15, 0.2) is 24.3 Å². The molecule has 3 aliphatic rings. The van der Waals surface area contributed by atoms with Crippen LogP contribution in [0.5, 0.6) is 0 Å². The summed E-state index contributed by atoms with van der Waals surface area (Å²) in [7, 11) is 0. The normalized spacial score (nSPS) is 25.5. The number of piperidine rings is 2. The number of piperazine rings is 1. The Balaban J connectivity index is 1.36. The monoisotopic (exact) mass is 508 g/mol. The number of carbonyl (C=O) groups excluding carboxylic acids is 1. The zero-order chi connectivity index (χ0) is 25.9. The second kappa shape index (κ2) is 11.7. The van der Waals surface area contributed by atoms with E-state index < -0.39 is 11.7 Å². The van der Waals surface area contributed by atoms with Gasteiger partial charge < -0.3 is 14.7 Å². The van der Waals surface area contributed by atoms with Gasteiger partial charge in [-0.15, -0.1) is 0 Å². The van der Waals surface area contributed by atoms with Crippen LogP contribution in [0, 0.1) is 11.8 Å². The Morgan fingerprint density at radius 3 is 2.33 bits per heavy atom. The predicted octanol–water partition coefficient (Wildman–Crippen LogP) is 4.97. The largest absolute Gasteiger partial charge is 0.416 e. The zero-order valence-corrected chi connectivity index (χ0v) is 22.1. The SMILES string of the molecule is CC1CCN(C(=O)CC[C@@H]2CN(C(C)C)CC[C@@H]2N2CCN(c3cccc(C(F)(F)F)c3)CC2)CC1. The average Bonchev–Trinajstić information content (AvgIpc) is 2.87. The summed E-state index contributed by atoms with van der Waals surface area (Å²) in [5, 5.41) is 0. The first-order valence-electron chi connectivity index (χ1n) is 13.8. The lowest BCUT2D eigenvalue weighted by Crippen LogP contribution is -2.57. The van der Waals surface area contributed by atoms with Gasteiger partial charge in [0, 0.05) is 70.0 Å². The highest BCUT2D eigenvalue weighted by atomic mass is 19.4. The first kappa shape index (κ1) is 27.2. The molecule has 3 aliphatic heterocycles. The molecular formula is C28H43F3N4O. The van der Waals surface area contributed by atoms with Crippen molar-refractivity contribution in [1.29, 1.82) is 0 Å². The summed E-state index contributed by atoms with van der Waals surface area (Å²) in [5.74, 6) is 1.46. The number of nitrogens with zero attached hydrogens (tertiary/aromatic N) is 4. The minimum atomic E-state index is -4.32. The molecule has 2 atom stereocenters. The third-order valence-corrected chi connectivity index (χ3v) is 8.64. The molecule has 0 spiro atoms. The van der Waals surface area contributed by atoms with Crippen LogP contribution in [0.25, 0.3) is 0 Å². The van der Waals surface area contributed by atoms with Crippen molar-refractivity contribution in [2.75, 3.05) is 57.3 Å². The van der Waals surface area contributed by atoms with Crippen LogP contribution >= 0.6 is 0 Å². The van der Waals surface area contributed by atoms with Gasteiger partial charge in [0.1, 0.15) is 0 Å². The van der Waals surface area contributed by atoms with Crippen LogP contribution in [0.3, 0.4) is 0 Å². The van der Waals surface area contributed by atoms with E-state index in [4.69, 9.17) is 0 Å². The number of alkyl halides is 3. The molecule has 3 saturated heterocycles. The lowest BCUT2D eigenvalue weighted by Gasteiger charge is -2.48. The molecule has 8 heteroatoms. The van der Waals surface area contributed by atoms with Gasteiger partial charge in [0.15, 0.2) is 0 Å². The van der Waals surface area contributed by atoms with Crippen molar-refractivity contribution in [1.82, 2.24) is 14.7 Å². The summed E-state index contributed by atoms with van der Waals surface area (Å²) in [6.45, 7) is 13.7. The molecule has 0 saturated carbocycles. The summed E-state index contributed by atoms with van der Waals surface area (Å²) in [6, 6.07) is 6.61. The second-order valence-electron chi connectivity index (χ2n) is 11.4. The van der Waals surface area contributed by atoms with E-state index in [2.05, 4.69) is 40.4 Å². The summed E-state index contributed by atoms with van der Waals surface area (Å²) in [4.78, 5) is 22.2. The van der Waals surface area contributed by atoms with Crippen molar-refractivity contribution in [3.05, 3.63) is 29.8 Å². The fourth-order valence-corrected chi connectivity index (χ4v) is 6.20. The maximum atomic E-state index is 13.2. The van der Waals surface area contributed by atoms with E-state index in [1.165, 1.54) is 12.1 Å². The molecule has 5 nitrogen and oxygen atoms in total. The standard InChI is InChI=1S/C28H43F3N4O/c1-21(2)35-14-11-26(23(20-35)7-8-27(36)34-12-9-22(3)10-13-34)33-17-15-32(16-18-33)25-6-4-5-24(19-25)28(29,30)31/h4-6,19,21-23,26H,7-18,20H2,1-3H3/t23-,26+/m1/s1. The van der Waals surface area contributed by atoms with Crippen LogP contribution in [0.2, 0.25) is 0 Å². The molecule has 3 fully saturated rings. The van der Waals surface area contributed by atoms with E-state index in [1.807, 2.05) is 0 Å². The van der Waals surface area contributed by atoms with Gasteiger partial charge in [0.05, 0.1) is 5.56 Å². The van der Waals surface area contributed by atoms with Crippen LogP contribution in [-0.4, -0.2) is 85.0 Å². The van der Waals surface area contributed by atoms with Crippen molar-refractivity contribution in [3.63, 3.8) is 0 Å². The van der Waals surface area contributed by atoms with Gasteiger partial charge in [-0.25, -0.2) is 0 Å². The summed E-state index contributed by atoms with van der Waals surface area (Å²) in [5.41, 5.74) is 0.0634. The fraction of sp³-hybridized carbons (Fsp3) is 0.750. The minimum absolute atomic E-state index is 0.302. The molecule has 1 amide bonds. The highest BCUT2D eigenvalue weighted by molar-refractivity contribution is 5.76. The Hall–Kier alpha value is -1.80. The van der Waals surface area contributed by atoms with E-state index in [1.54, 1.807) is 6.07 Å². The topological polar surface area (TPSA) is 30.0 Å². The Morgan fingerprint density at radius 1 is 1.00 bits per heavy atom. The molecule has 0 unspecified atom stereocenters. The fourth-order valence-electron chi connectivity index (χ4n) is 6.20. The average molecular weight is 509 g/mol. The molecule has 0 aliphatic carbocycles. The van der Waals surface area contributed by atoms with Crippen molar-refractivity contribution >= 4 is 11.6 Å². The van der Waals surface area contributed by atoms with E-state index in [9.17, 15) is 18.0 Å². The van der Waals surface area contributed by atoms with E-state index in [-0.39, 0.29) is 0 Å². The molecule has 1 aromatic carbocycles. The Labute approximate surface area is 214 Å². The molecule has 0 radical (unpaired) electrons. The minimum Gasteiger partial charge on any atom is -0.369 e. The lowest BCUT2D eigenvalue weighted by molar-refractivity contribution is -0.137. The molecule has 1 aromatic rings. The lowest BCUT2D eigenvalue weighted by atomic mass is 9.85. The molecule has 0 bridgehead atoms. The van der Waals surface area contributed by atoms with Gasteiger partial charge in [-0.05, 0) is 76.1 Å². The molecular weight excluding hydrogens is 465 g/mol. The predicted molar refractivity (Wildman–Crippen MR) is 138 cm³/mol. The molecule has 0 aromatic heterocycles. The van der Waals surface area contributed by atoms with Gasteiger partial charge in [-0.1, -0.05) is 13.0 Å². The quantitative estimate of drug-likeness (QED) is 0.543. The third-order valence-electron chi connectivity index (χ3n) is 8.64. The van der Waals surface area contributed by atoms with Gasteiger partial charge >= 0.3 is 6.18 Å². The number of amides is 1. The van der Waals surface area contributed by atoms with Crippen LogP contribution in [-0.2, 0) is 11.0 Å². The summed E-state index contributed by atoms with van der Waals surface area (Å²) in [6.07, 6.45) is 0.504. The molecule has 0 N–H and O–H groups in total. The number of anilines is 1. The van der Waals surface area contributed by atoms with E-state index in [0.29, 0.717) is 41.9 Å². The summed E-state index contributed by atoms with van der Waals surface area (Å²) >= 11 is 0. The third kappa shape index (κ3) is 6.74. The first-order chi connectivity index (χ1) is 17.1. The zero-order valence-electron chi connectivity index (χ0n) is 22.1. The molecule has 202 valence electrons.